The van der Waals surface area contributed by atoms with Crippen molar-refractivity contribution in [1.29, 1.82) is 0 Å². The van der Waals surface area contributed by atoms with E-state index in [0.29, 0.717) is 30.5 Å². The molecule has 2 fully saturated rings. The topological polar surface area (TPSA) is 75.7 Å². The van der Waals surface area contributed by atoms with Crippen LogP contribution in [0.3, 0.4) is 0 Å². The van der Waals surface area contributed by atoms with Gasteiger partial charge in [-0.25, -0.2) is 0 Å². The van der Waals surface area contributed by atoms with E-state index in [-0.39, 0.29) is 30.6 Å². The molecule has 26 heavy (non-hydrogen) atoms. The van der Waals surface area contributed by atoms with E-state index in [1.54, 1.807) is 24.3 Å². The van der Waals surface area contributed by atoms with Crippen LogP contribution in [0, 0.1) is 0 Å². The molecule has 0 bridgehead atoms. The summed E-state index contributed by atoms with van der Waals surface area (Å²) in [4.78, 5) is 36.8. The lowest BCUT2D eigenvalue weighted by Gasteiger charge is -2.21. The number of hydrogen-bond acceptors (Lipinski definition) is 4. The fourth-order valence-corrected chi connectivity index (χ4v) is 3.48. The predicted octanol–water partition coefficient (Wildman–Crippen LogP) is 2.81. The third-order valence-corrected chi connectivity index (χ3v) is 4.95. The van der Waals surface area contributed by atoms with Gasteiger partial charge in [0.05, 0.1) is 11.8 Å². The average Bonchev–Trinajstić information content (AvgIpc) is 3.00. The molecule has 1 aromatic carbocycles. The van der Waals surface area contributed by atoms with Crippen LogP contribution >= 0.6 is 0 Å². The van der Waals surface area contributed by atoms with Crippen LogP contribution in [0.15, 0.2) is 24.3 Å². The van der Waals surface area contributed by atoms with E-state index in [1.165, 1.54) is 24.2 Å². The normalized spacial score (nSPS) is 18.4. The van der Waals surface area contributed by atoms with Gasteiger partial charge in [0.1, 0.15) is 0 Å². The number of benzene rings is 1. The largest absolute Gasteiger partial charge is 0.378 e. The van der Waals surface area contributed by atoms with Crippen molar-refractivity contribution in [3.05, 3.63) is 29.8 Å². The van der Waals surface area contributed by atoms with Crippen molar-refractivity contribution < 1.29 is 19.1 Å². The molecule has 140 valence electrons. The maximum atomic E-state index is 12.2. The van der Waals surface area contributed by atoms with Crippen molar-refractivity contribution in [1.82, 2.24) is 5.32 Å². The van der Waals surface area contributed by atoms with Crippen LogP contribution in [-0.2, 0) is 14.3 Å². The van der Waals surface area contributed by atoms with Gasteiger partial charge < -0.3 is 10.1 Å². The molecule has 1 aliphatic carbocycles. The quantitative estimate of drug-likeness (QED) is 0.601. The first kappa shape index (κ1) is 18.6. The summed E-state index contributed by atoms with van der Waals surface area (Å²) in [5, 5.41) is 2.88. The van der Waals surface area contributed by atoms with E-state index in [1.807, 2.05) is 0 Å². The van der Waals surface area contributed by atoms with Crippen molar-refractivity contribution in [2.45, 2.75) is 57.5 Å². The summed E-state index contributed by atoms with van der Waals surface area (Å²) in [5.41, 5.74) is 1.04. The Balaban J connectivity index is 1.40. The van der Waals surface area contributed by atoms with Gasteiger partial charge in [0, 0.05) is 31.6 Å². The van der Waals surface area contributed by atoms with Crippen molar-refractivity contribution in [2.24, 2.45) is 0 Å². The minimum Gasteiger partial charge on any atom is -0.378 e. The highest BCUT2D eigenvalue weighted by Gasteiger charge is 2.30. The molecule has 1 saturated carbocycles. The summed E-state index contributed by atoms with van der Waals surface area (Å²) in [6.07, 6.45) is 7.82. The number of nitrogens with one attached hydrogen (secondary N) is 1. The maximum absolute atomic E-state index is 12.2. The first-order chi connectivity index (χ1) is 12.6. The zero-order valence-corrected chi connectivity index (χ0v) is 15.0. The van der Waals surface area contributed by atoms with E-state index < -0.39 is 0 Å². The van der Waals surface area contributed by atoms with E-state index in [9.17, 15) is 14.4 Å². The van der Waals surface area contributed by atoms with Gasteiger partial charge >= 0.3 is 0 Å². The van der Waals surface area contributed by atoms with Crippen molar-refractivity contribution in [3.8, 4) is 0 Å². The van der Waals surface area contributed by atoms with Crippen LogP contribution in [0.2, 0.25) is 0 Å². The van der Waals surface area contributed by atoms with E-state index in [4.69, 9.17) is 4.74 Å². The molecule has 0 unspecified atom stereocenters. The van der Waals surface area contributed by atoms with Crippen LogP contribution in [0.1, 0.15) is 61.7 Å². The molecule has 1 N–H and O–H groups in total. The van der Waals surface area contributed by atoms with Gasteiger partial charge in [-0.05, 0) is 43.5 Å². The molecule has 2 aliphatic rings. The zero-order valence-electron chi connectivity index (χ0n) is 15.0. The molecular weight excluding hydrogens is 332 g/mol. The Hall–Kier alpha value is -2.21. The molecule has 6 heteroatoms. The third-order valence-electron chi connectivity index (χ3n) is 4.95. The molecule has 0 aromatic heterocycles. The number of hydrogen-bond donors (Lipinski definition) is 1. The summed E-state index contributed by atoms with van der Waals surface area (Å²) in [7, 11) is 0. The second-order valence-electron chi connectivity index (χ2n) is 6.91. The molecule has 1 aliphatic heterocycles. The van der Waals surface area contributed by atoms with E-state index >= 15 is 0 Å². The Morgan fingerprint density at radius 2 is 1.69 bits per heavy atom. The Morgan fingerprint density at radius 1 is 1.04 bits per heavy atom. The fraction of sp³-hybridized carbons (Fsp3) is 0.550. The molecule has 1 aromatic rings. The Labute approximate surface area is 153 Å². The van der Waals surface area contributed by atoms with Gasteiger partial charge in [0.15, 0.2) is 0 Å². The molecular formula is C20H26N2O4. The smallest absolute Gasteiger partial charge is 0.251 e. The number of carbonyl (C=O) groups excluding carboxylic acids is 3. The minimum atomic E-state index is -0.190. The van der Waals surface area contributed by atoms with Crippen LogP contribution in [0.25, 0.3) is 0 Å². The molecule has 1 saturated heterocycles. The molecule has 0 spiro atoms. The summed E-state index contributed by atoms with van der Waals surface area (Å²) in [5.74, 6) is -0.538. The van der Waals surface area contributed by atoms with E-state index in [0.717, 1.165) is 19.3 Å². The number of imide groups is 1. The van der Waals surface area contributed by atoms with Crippen molar-refractivity contribution >= 4 is 23.4 Å². The van der Waals surface area contributed by atoms with Crippen LogP contribution in [0.5, 0.6) is 0 Å². The Bertz CT molecular complexity index is 634. The van der Waals surface area contributed by atoms with Crippen LogP contribution in [0.4, 0.5) is 5.69 Å². The van der Waals surface area contributed by atoms with Crippen molar-refractivity contribution in [2.75, 3.05) is 18.1 Å². The Kier molecular flexibility index (Phi) is 6.39. The van der Waals surface area contributed by atoms with Gasteiger partial charge in [0.2, 0.25) is 11.8 Å². The SMILES string of the molecule is O=C(NCCCOC1CCCCC1)c1ccc(N2C(=O)CCC2=O)cc1. The highest BCUT2D eigenvalue weighted by molar-refractivity contribution is 6.19. The first-order valence-corrected chi connectivity index (χ1v) is 9.51. The fourth-order valence-electron chi connectivity index (χ4n) is 3.48. The monoisotopic (exact) mass is 358 g/mol. The lowest BCUT2D eigenvalue weighted by Crippen LogP contribution is -2.29. The predicted molar refractivity (Wildman–Crippen MR) is 97.9 cm³/mol. The summed E-state index contributed by atoms with van der Waals surface area (Å²) < 4.78 is 5.84. The lowest BCUT2D eigenvalue weighted by atomic mass is 9.98. The molecule has 1 heterocycles. The van der Waals surface area contributed by atoms with Crippen molar-refractivity contribution in [3.63, 3.8) is 0 Å². The summed E-state index contributed by atoms with van der Waals surface area (Å²) in [6.45, 7) is 1.24. The Morgan fingerprint density at radius 3 is 2.35 bits per heavy atom. The van der Waals surface area contributed by atoms with E-state index in [2.05, 4.69) is 5.32 Å². The highest BCUT2D eigenvalue weighted by atomic mass is 16.5. The number of carbonyl (C=O) groups is 3. The second kappa shape index (κ2) is 8.94. The average molecular weight is 358 g/mol. The van der Waals surface area contributed by atoms with Gasteiger partial charge in [-0.3, -0.25) is 19.3 Å². The maximum Gasteiger partial charge on any atom is 0.251 e. The molecule has 3 rings (SSSR count). The second-order valence-corrected chi connectivity index (χ2v) is 6.91. The molecule has 6 nitrogen and oxygen atoms in total. The van der Waals surface area contributed by atoms with Crippen LogP contribution in [-0.4, -0.2) is 37.0 Å². The number of anilines is 1. The van der Waals surface area contributed by atoms with Gasteiger partial charge in [-0.15, -0.1) is 0 Å². The third kappa shape index (κ3) is 4.69. The summed E-state index contributed by atoms with van der Waals surface area (Å²) >= 11 is 0. The standard InChI is InChI=1S/C20H26N2O4/c23-18-11-12-19(24)22(18)16-9-7-15(8-10-16)20(25)21-13-4-14-26-17-5-2-1-3-6-17/h7-10,17H,1-6,11-14H2,(H,21,25). The van der Waals surface area contributed by atoms with Gasteiger partial charge in [-0.1, -0.05) is 19.3 Å². The van der Waals surface area contributed by atoms with Crippen LogP contribution < -0.4 is 10.2 Å². The molecule has 3 amide bonds. The first-order valence-electron chi connectivity index (χ1n) is 9.51. The zero-order chi connectivity index (χ0) is 18.4. The minimum absolute atomic E-state index is 0.159. The number of rotatable bonds is 7. The molecule has 0 atom stereocenters. The lowest BCUT2D eigenvalue weighted by molar-refractivity contribution is -0.121. The number of nitrogens with zero attached hydrogens (tertiary/aromatic N) is 1. The highest BCUT2D eigenvalue weighted by Crippen LogP contribution is 2.23. The molecule has 0 radical (unpaired) electrons. The number of ether oxygens (including phenoxy) is 1. The van der Waals surface area contributed by atoms with Gasteiger partial charge in [-0.2, -0.15) is 0 Å². The van der Waals surface area contributed by atoms with Gasteiger partial charge in [0.25, 0.3) is 5.91 Å². The summed E-state index contributed by atoms with van der Waals surface area (Å²) in [6, 6.07) is 6.56. The number of amides is 3.